The van der Waals surface area contributed by atoms with Gasteiger partial charge in [-0.05, 0) is 13.3 Å². The molecule has 1 aromatic rings. The number of carboxylic acid groups (broad SMARTS) is 1. The van der Waals surface area contributed by atoms with Gasteiger partial charge in [-0.2, -0.15) is 0 Å². The Kier molecular flexibility index (Phi) is 4.42. The lowest BCUT2D eigenvalue weighted by Crippen LogP contribution is -2.52. The molecular weight excluding hydrogens is 300 g/mol. The highest BCUT2D eigenvalue weighted by Gasteiger charge is 2.27. The van der Waals surface area contributed by atoms with Crippen LogP contribution in [0.25, 0.3) is 0 Å². The van der Waals surface area contributed by atoms with Gasteiger partial charge in [0.25, 0.3) is 0 Å². The molecule has 1 N–H and O–H groups in total. The Bertz CT molecular complexity index is 615. The molecule has 2 aliphatic heterocycles. The zero-order chi connectivity index (χ0) is 16.4. The second-order valence-electron chi connectivity index (χ2n) is 5.89. The number of anilines is 1. The van der Waals surface area contributed by atoms with E-state index in [2.05, 4.69) is 9.97 Å². The van der Waals surface area contributed by atoms with Crippen LogP contribution in [0.1, 0.15) is 23.9 Å². The first-order chi connectivity index (χ1) is 11.0. The predicted octanol–water partition coefficient (Wildman–Crippen LogP) is 0.0221. The molecule has 8 nitrogen and oxygen atoms in total. The first-order valence-electron chi connectivity index (χ1n) is 7.71. The molecular formula is C15H20N4O4. The number of hydrogen-bond acceptors (Lipinski definition) is 6. The number of carbonyl (C=O) groups is 2. The number of rotatable bonds is 4. The van der Waals surface area contributed by atoms with Crippen LogP contribution < -0.4 is 4.90 Å². The predicted molar refractivity (Wildman–Crippen MR) is 81.4 cm³/mol. The van der Waals surface area contributed by atoms with E-state index in [-0.39, 0.29) is 24.9 Å². The Labute approximate surface area is 134 Å². The second kappa shape index (κ2) is 6.49. The van der Waals surface area contributed by atoms with E-state index in [0.29, 0.717) is 25.5 Å². The van der Waals surface area contributed by atoms with Crippen molar-refractivity contribution in [2.75, 3.05) is 44.3 Å². The second-order valence-corrected chi connectivity index (χ2v) is 5.89. The van der Waals surface area contributed by atoms with Crippen molar-refractivity contribution in [2.45, 2.75) is 19.3 Å². The molecule has 1 atom stereocenters. The molecule has 0 spiro atoms. The number of ether oxygens (including phenoxy) is 1. The minimum atomic E-state index is -0.992. The molecule has 3 heterocycles. The zero-order valence-corrected chi connectivity index (χ0v) is 13.1. The van der Waals surface area contributed by atoms with Gasteiger partial charge in [0.1, 0.15) is 18.2 Å². The average Bonchev–Trinajstić information content (AvgIpc) is 3.02. The third kappa shape index (κ3) is 3.58. The smallest absolute Gasteiger partial charge is 0.323 e. The molecule has 124 valence electrons. The zero-order valence-electron chi connectivity index (χ0n) is 13.1. The molecule has 23 heavy (non-hydrogen) atoms. The van der Waals surface area contributed by atoms with Gasteiger partial charge in [0.05, 0.1) is 18.8 Å². The fourth-order valence-electron chi connectivity index (χ4n) is 2.95. The van der Waals surface area contributed by atoms with E-state index in [1.807, 2.05) is 17.9 Å². The van der Waals surface area contributed by atoms with E-state index in [1.54, 1.807) is 0 Å². The van der Waals surface area contributed by atoms with Crippen molar-refractivity contribution >= 4 is 17.7 Å². The minimum Gasteiger partial charge on any atom is -0.480 e. The lowest BCUT2D eigenvalue weighted by atomic mass is 10.0. The van der Waals surface area contributed by atoms with E-state index < -0.39 is 5.97 Å². The summed E-state index contributed by atoms with van der Waals surface area (Å²) in [4.78, 5) is 35.0. The summed E-state index contributed by atoms with van der Waals surface area (Å²) in [6.07, 6.45) is 0.946. The maximum atomic E-state index is 12.1. The van der Waals surface area contributed by atoms with E-state index in [0.717, 1.165) is 24.5 Å². The van der Waals surface area contributed by atoms with Gasteiger partial charge in [-0.25, -0.2) is 9.97 Å². The molecule has 1 unspecified atom stereocenters. The first kappa shape index (κ1) is 15.7. The van der Waals surface area contributed by atoms with Gasteiger partial charge < -0.3 is 19.6 Å². The lowest BCUT2D eigenvalue weighted by Gasteiger charge is -2.34. The van der Waals surface area contributed by atoms with Gasteiger partial charge in [-0.3, -0.25) is 9.59 Å². The SMILES string of the molecule is Cc1nc(C2CCOC2)cc(N2CCN(CC(=O)O)C(=O)C2)n1. The first-order valence-corrected chi connectivity index (χ1v) is 7.71. The summed E-state index contributed by atoms with van der Waals surface area (Å²) in [6.45, 7) is 4.10. The van der Waals surface area contributed by atoms with Gasteiger partial charge in [-0.15, -0.1) is 0 Å². The maximum Gasteiger partial charge on any atom is 0.323 e. The highest BCUT2D eigenvalue weighted by atomic mass is 16.5. The monoisotopic (exact) mass is 320 g/mol. The van der Waals surface area contributed by atoms with E-state index in [1.165, 1.54) is 4.90 Å². The number of nitrogens with zero attached hydrogens (tertiary/aromatic N) is 4. The van der Waals surface area contributed by atoms with E-state index in [4.69, 9.17) is 9.84 Å². The van der Waals surface area contributed by atoms with Gasteiger partial charge in [0.2, 0.25) is 5.91 Å². The van der Waals surface area contributed by atoms with Crippen LogP contribution in [0.5, 0.6) is 0 Å². The molecule has 0 radical (unpaired) electrons. The lowest BCUT2D eigenvalue weighted by molar-refractivity contribution is -0.144. The minimum absolute atomic E-state index is 0.143. The maximum absolute atomic E-state index is 12.1. The van der Waals surface area contributed by atoms with Crippen LogP contribution in [0, 0.1) is 6.92 Å². The van der Waals surface area contributed by atoms with Crippen molar-refractivity contribution < 1.29 is 19.4 Å². The molecule has 0 bridgehead atoms. The molecule has 0 aromatic carbocycles. The van der Waals surface area contributed by atoms with Crippen molar-refractivity contribution in [2.24, 2.45) is 0 Å². The van der Waals surface area contributed by atoms with Crippen LogP contribution in [0.15, 0.2) is 6.07 Å². The van der Waals surface area contributed by atoms with Crippen LogP contribution in [0.3, 0.4) is 0 Å². The van der Waals surface area contributed by atoms with Crippen molar-refractivity contribution in [3.05, 3.63) is 17.6 Å². The Morgan fingerprint density at radius 2 is 2.26 bits per heavy atom. The van der Waals surface area contributed by atoms with E-state index >= 15 is 0 Å². The number of aryl methyl sites for hydroxylation is 1. The van der Waals surface area contributed by atoms with Crippen molar-refractivity contribution in [1.29, 1.82) is 0 Å². The highest BCUT2D eigenvalue weighted by molar-refractivity contribution is 5.85. The standard InChI is InChI=1S/C15H20N4O4/c1-10-16-12(11-2-5-23-9-11)6-13(17-10)18-3-4-19(8-15(21)22)14(20)7-18/h6,11H,2-5,7-9H2,1H3,(H,21,22). The van der Waals surface area contributed by atoms with Crippen molar-refractivity contribution in [3.63, 3.8) is 0 Å². The molecule has 1 aromatic heterocycles. The average molecular weight is 320 g/mol. The quantitative estimate of drug-likeness (QED) is 0.835. The topological polar surface area (TPSA) is 95.9 Å². The molecule has 8 heteroatoms. The molecule has 0 aliphatic carbocycles. The van der Waals surface area contributed by atoms with Crippen LogP contribution in [0.2, 0.25) is 0 Å². The summed E-state index contributed by atoms with van der Waals surface area (Å²) >= 11 is 0. The normalized spacial score (nSPS) is 21.8. The molecule has 1 amide bonds. The highest BCUT2D eigenvalue weighted by Crippen LogP contribution is 2.26. The Morgan fingerprint density at radius 1 is 1.43 bits per heavy atom. The van der Waals surface area contributed by atoms with E-state index in [9.17, 15) is 9.59 Å². The summed E-state index contributed by atoms with van der Waals surface area (Å²) in [7, 11) is 0. The number of carboxylic acids is 1. The summed E-state index contributed by atoms with van der Waals surface area (Å²) in [5.74, 6) is 0.487. The summed E-state index contributed by atoms with van der Waals surface area (Å²) in [5, 5.41) is 8.82. The van der Waals surface area contributed by atoms with Crippen molar-refractivity contribution in [3.8, 4) is 0 Å². The Hall–Kier alpha value is -2.22. The fourth-order valence-corrected chi connectivity index (χ4v) is 2.95. The number of hydrogen-bond donors (Lipinski definition) is 1. The number of piperazine rings is 1. The van der Waals surface area contributed by atoms with Crippen LogP contribution in [0.4, 0.5) is 5.82 Å². The van der Waals surface area contributed by atoms with Gasteiger partial charge in [0.15, 0.2) is 0 Å². The third-order valence-corrected chi connectivity index (χ3v) is 4.16. The van der Waals surface area contributed by atoms with Crippen LogP contribution >= 0.6 is 0 Å². The number of aliphatic carboxylic acids is 1. The summed E-state index contributed by atoms with van der Waals surface area (Å²) in [5.41, 5.74) is 0.949. The molecule has 3 rings (SSSR count). The largest absolute Gasteiger partial charge is 0.480 e. The summed E-state index contributed by atoms with van der Waals surface area (Å²) in [6, 6.07) is 1.92. The number of aromatic nitrogens is 2. The Balaban J connectivity index is 1.74. The summed E-state index contributed by atoms with van der Waals surface area (Å²) < 4.78 is 5.41. The molecule has 2 saturated heterocycles. The van der Waals surface area contributed by atoms with Crippen LogP contribution in [-0.4, -0.2) is 71.2 Å². The van der Waals surface area contributed by atoms with Crippen LogP contribution in [-0.2, 0) is 14.3 Å². The third-order valence-electron chi connectivity index (χ3n) is 4.16. The Morgan fingerprint density at radius 3 is 2.91 bits per heavy atom. The van der Waals surface area contributed by atoms with Gasteiger partial charge in [0, 0.05) is 31.7 Å². The fraction of sp³-hybridized carbons (Fsp3) is 0.600. The number of carbonyl (C=O) groups excluding carboxylic acids is 1. The van der Waals surface area contributed by atoms with Gasteiger partial charge >= 0.3 is 5.97 Å². The van der Waals surface area contributed by atoms with Gasteiger partial charge in [-0.1, -0.05) is 0 Å². The molecule has 2 aliphatic rings. The molecule has 0 saturated carbocycles. The van der Waals surface area contributed by atoms with Crippen molar-refractivity contribution in [1.82, 2.24) is 14.9 Å². The molecule has 2 fully saturated rings. The number of amides is 1.